The van der Waals surface area contributed by atoms with Crippen LogP contribution in [-0.2, 0) is 12.8 Å². The molecule has 0 saturated carbocycles. The predicted octanol–water partition coefficient (Wildman–Crippen LogP) is 2.76. The summed E-state index contributed by atoms with van der Waals surface area (Å²) in [4.78, 5) is 4.08. The monoisotopic (exact) mass is 280 g/mol. The number of nitriles is 1. The lowest BCUT2D eigenvalue weighted by Crippen LogP contribution is -2.23. The van der Waals surface area contributed by atoms with Crippen LogP contribution in [0.4, 0.5) is 0 Å². The molecule has 3 rings (SSSR count). The lowest BCUT2D eigenvalue weighted by atomic mass is 9.90. The molecule has 1 atom stereocenters. The van der Waals surface area contributed by atoms with E-state index in [0.29, 0.717) is 24.0 Å². The topological polar surface area (TPSA) is 55.1 Å². The molecule has 106 valence electrons. The van der Waals surface area contributed by atoms with Crippen LogP contribution in [0.1, 0.15) is 16.7 Å². The van der Waals surface area contributed by atoms with Crippen molar-refractivity contribution in [2.45, 2.75) is 12.8 Å². The van der Waals surface area contributed by atoms with Crippen molar-refractivity contribution in [1.82, 2.24) is 4.98 Å². The van der Waals surface area contributed by atoms with E-state index in [1.807, 2.05) is 24.3 Å². The van der Waals surface area contributed by atoms with Crippen molar-refractivity contribution in [3.63, 3.8) is 0 Å². The van der Waals surface area contributed by atoms with Gasteiger partial charge in [0.05, 0.1) is 13.7 Å². The minimum Gasteiger partial charge on any atom is -0.493 e. The van der Waals surface area contributed by atoms with Crippen molar-refractivity contribution in [1.29, 1.82) is 5.26 Å². The minimum atomic E-state index is 0.360. The summed E-state index contributed by atoms with van der Waals surface area (Å²) in [5.74, 6) is 1.73. The van der Waals surface area contributed by atoms with E-state index in [0.717, 1.165) is 24.2 Å². The molecule has 0 N–H and O–H groups in total. The van der Waals surface area contributed by atoms with Crippen LogP contribution >= 0.6 is 0 Å². The second kappa shape index (κ2) is 5.84. The molecule has 2 heterocycles. The van der Waals surface area contributed by atoms with E-state index in [9.17, 15) is 5.26 Å². The zero-order chi connectivity index (χ0) is 14.7. The Hall–Kier alpha value is -2.54. The molecule has 0 saturated heterocycles. The highest BCUT2D eigenvalue weighted by Crippen LogP contribution is 2.30. The van der Waals surface area contributed by atoms with Gasteiger partial charge in [-0.2, -0.15) is 5.26 Å². The first-order valence-electron chi connectivity index (χ1n) is 6.94. The van der Waals surface area contributed by atoms with Crippen LogP contribution in [0.25, 0.3) is 0 Å². The maximum absolute atomic E-state index is 9.32. The molecule has 0 amide bonds. The Bertz CT molecular complexity index is 691. The van der Waals surface area contributed by atoms with Gasteiger partial charge >= 0.3 is 0 Å². The zero-order valence-electron chi connectivity index (χ0n) is 11.9. The maximum atomic E-state index is 9.32. The number of pyridine rings is 1. The fourth-order valence-corrected chi connectivity index (χ4v) is 2.76. The van der Waals surface area contributed by atoms with Crippen molar-refractivity contribution in [3.05, 3.63) is 53.2 Å². The summed E-state index contributed by atoms with van der Waals surface area (Å²) in [5.41, 5.74) is 2.73. The summed E-state index contributed by atoms with van der Waals surface area (Å²) in [6, 6.07) is 12.2. The molecule has 21 heavy (non-hydrogen) atoms. The summed E-state index contributed by atoms with van der Waals surface area (Å²) in [6.07, 6.45) is 3.44. The maximum Gasteiger partial charge on any atom is 0.231 e. The number of aromatic nitrogens is 1. The summed E-state index contributed by atoms with van der Waals surface area (Å²) in [5, 5.41) is 9.32. The summed E-state index contributed by atoms with van der Waals surface area (Å²) < 4.78 is 11.0. The fraction of sp³-hybridized carbons (Fsp3) is 0.294. The van der Waals surface area contributed by atoms with Crippen molar-refractivity contribution in [3.8, 4) is 17.7 Å². The number of para-hydroxylation sites is 1. The molecule has 1 aromatic carbocycles. The SMILES string of the molecule is COc1nccc(C[C@H]2COc3ccccc3C2)c1C#N. The molecule has 4 heteroatoms. The van der Waals surface area contributed by atoms with Gasteiger partial charge in [0, 0.05) is 12.1 Å². The molecule has 1 aliphatic heterocycles. The molecule has 0 fully saturated rings. The smallest absolute Gasteiger partial charge is 0.231 e. The van der Waals surface area contributed by atoms with Crippen molar-refractivity contribution in [2.75, 3.05) is 13.7 Å². The predicted molar refractivity (Wildman–Crippen MR) is 78.3 cm³/mol. The fourth-order valence-electron chi connectivity index (χ4n) is 2.76. The number of rotatable bonds is 3. The summed E-state index contributed by atoms with van der Waals surface area (Å²) in [6.45, 7) is 0.673. The van der Waals surface area contributed by atoms with Crippen LogP contribution in [0.3, 0.4) is 0 Å². The molecule has 4 nitrogen and oxygen atoms in total. The van der Waals surface area contributed by atoms with Crippen LogP contribution in [0.15, 0.2) is 36.5 Å². The standard InChI is InChI=1S/C17H16N2O2/c1-20-17-15(10-18)13(6-7-19-17)8-12-9-14-4-2-3-5-16(14)21-11-12/h2-7,12H,8-9,11H2,1H3/t12-/m1/s1. The average Bonchev–Trinajstić information content (AvgIpc) is 2.54. The first-order chi connectivity index (χ1) is 10.3. The lowest BCUT2D eigenvalue weighted by molar-refractivity contribution is 0.221. The quantitative estimate of drug-likeness (QED) is 0.867. The first kappa shape index (κ1) is 13.4. The zero-order valence-corrected chi connectivity index (χ0v) is 11.9. The van der Waals surface area contributed by atoms with E-state index >= 15 is 0 Å². The van der Waals surface area contributed by atoms with E-state index in [4.69, 9.17) is 9.47 Å². The van der Waals surface area contributed by atoms with Gasteiger partial charge in [0.2, 0.25) is 5.88 Å². The van der Waals surface area contributed by atoms with E-state index in [2.05, 4.69) is 17.1 Å². The molecule has 0 bridgehead atoms. The van der Waals surface area contributed by atoms with Gasteiger partial charge < -0.3 is 9.47 Å². The highest BCUT2D eigenvalue weighted by molar-refractivity contribution is 5.45. The van der Waals surface area contributed by atoms with Crippen LogP contribution in [0, 0.1) is 17.2 Å². The van der Waals surface area contributed by atoms with Crippen LogP contribution in [0.2, 0.25) is 0 Å². The summed E-state index contributed by atoms with van der Waals surface area (Å²) >= 11 is 0. The molecular weight excluding hydrogens is 264 g/mol. The largest absolute Gasteiger partial charge is 0.493 e. The van der Waals surface area contributed by atoms with Gasteiger partial charge in [-0.3, -0.25) is 0 Å². The van der Waals surface area contributed by atoms with Gasteiger partial charge in [-0.1, -0.05) is 18.2 Å². The number of hydrogen-bond acceptors (Lipinski definition) is 4. The lowest BCUT2D eigenvalue weighted by Gasteiger charge is -2.25. The highest BCUT2D eigenvalue weighted by Gasteiger charge is 2.22. The van der Waals surface area contributed by atoms with Gasteiger partial charge in [0.15, 0.2) is 0 Å². The van der Waals surface area contributed by atoms with Crippen LogP contribution in [-0.4, -0.2) is 18.7 Å². The number of fused-ring (bicyclic) bond motifs is 1. The molecule has 2 aromatic rings. The number of methoxy groups -OCH3 is 1. The molecule has 0 radical (unpaired) electrons. The van der Waals surface area contributed by atoms with Crippen molar-refractivity contribution in [2.24, 2.45) is 5.92 Å². The number of hydrogen-bond donors (Lipinski definition) is 0. The third-order valence-corrected chi connectivity index (χ3v) is 3.77. The van der Waals surface area contributed by atoms with E-state index < -0.39 is 0 Å². The first-order valence-corrected chi connectivity index (χ1v) is 6.94. The molecular formula is C17H16N2O2. The average molecular weight is 280 g/mol. The Balaban J connectivity index is 1.81. The van der Waals surface area contributed by atoms with Gasteiger partial charge in [-0.05, 0) is 36.1 Å². The third-order valence-electron chi connectivity index (χ3n) is 3.77. The van der Waals surface area contributed by atoms with Gasteiger partial charge in [-0.15, -0.1) is 0 Å². The molecule has 1 aliphatic rings. The Morgan fingerprint density at radius 2 is 2.24 bits per heavy atom. The third kappa shape index (κ3) is 2.68. The minimum absolute atomic E-state index is 0.360. The van der Waals surface area contributed by atoms with Gasteiger partial charge in [-0.25, -0.2) is 4.98 Å². The van der Waals surface area contributed by atoms with E-state index in [1.54, 1.807) is 6.20 Å². The van der Waals surface area contributed by atoms with E-state index in [-0.39, 0.29) is 0 Å². The Kier molecular flexibility index (Phi) is 3.74. The molecule has 1 aromatic heterocycles. The molecule has 0 aliphatic carbocycles. The Morgan fingerprint density at radius 1 is 1.38 bits per heavy atom. The Labute approximate surface area is 124 Å². The number of nitrogens with zero attached hydrogens (tertiary/aromatic N) is 2. The summed E-state index contributed by atoms with van der Waals surface area (Å²) in [7, 11) is 1.53. The van der Waals surface area contributed by atoms with Crippen LogP contribution < -0.4 is 9.47 Å². The van der Waals surface area contributed by atoms with Gasteiger partial charge in [0.25, 0.3) is 0 Å². The van der Waals surface area contributed by atoms with E-state index in [1.165, 1.54) is 12.7 Å². The molecule has 0 unspecified atom stereocenters. The Morgan fingerprint density at radius 3 is 3.05 bits per heavy atom. The number of benzene rings is 1. The molecule has 0 spiro atoms. The second-order valence-corrected chi connectivity index (χ2v) is 5.16. The second-order valence-electron chi connectivity index (χ2n) is 5.16. The number of ether oxygens (including phenoxy) is 2. The highest BCUT2D eigenvalue weighted by atomic mass is 16.5. The normalized spacial score (nSPS) is 16.5. The van der Waals surface area contributed by atoms with Gasteiger partial charge in [0.1, 0.15) is 17.4 Å². The van der Waals surface area contributed by atoms with Crippen molar-refractivity contribution >= 4 is 0 Å². The van der Waals surface area contributed by atoms with Crippen LogP contribution in [0.5, 0.6) is 11.6 Å². The van der Waals surface area contributed by atoms with Crippen molar-refractivity contribution < 1.29 is 9.47 Å².